The number of nitrogens with zero attached hydrogens (tertiary/aromatic N) is 1. The maximum Gasteiger partial charge on any atom is 0.411 e. The molecule has 4 heteroatoms. The Labute approximate surface area is 137 Å². The fourth-order valence-electron chi connectivity index (χ4n) is 2.21. The van der Waals surface area contributed by atoms with E-state index < -0.39 is 6.09 Å². The van der Waals surface area contributed by atoms with Crippen molar-refractivity contribution in [1.29, 1.82) is 0 Å². The highest BCUT2D eigenvalue weighted by molar-refractivity contribution is 5.85. The third-order valence-electron chi connectivity index (χ3n) is 3.36. The normalized spacial score (nSPS) is 10.1. The van der Waals surface area contributed by atoms with Crippen LogP contribution >= 0.6 is 0 Å². The van der Waals surface area contributed by atoms with Gasteiger partial charge in [0.1, 0.15) is 0 Å². The Morgan fingerprint density at radius 1 is 1.35 bits per heavy atom. The number of anilines is 1. The third-order valence-corrected chi connectivity index (χ3v) is 3.36. The molecular weight excluding hydrogens is 288 g/mol. The van der Waals surface area contributed by atoms with Crippen LogP contribution in [0, 0.1) is 0 Å². The van der Waals surface area contributed by atoms with Crippen LogP contribution < -0.4 is 5.32 Å². The summed E-state index contributed by atoms with van der Waals surface area (Å²) >= 11 is 0. The molecule has 0 unspecified atom stereocenters. The van der Waals surface area contributed by atoms with E-state index in [1.54, 1.807) is 6.20 Å². The van der Waals surface area contributed by atoms with Crippen LogP contribution in [0.5, 0.6) is 0 Å². The maximum atomic E-state index is 11.7. The van der Waals surface area contributed by atoms with E-state index >= 15 is 0 Å². The highest BCUT2D eigenvalue weighted by Gasteiger charge is 2.09. The molecular formula is C19H22N2O2. The van der Waals surface area contributed by atoms with Crippen LogP contribution in [0.15, 0.2) is 55.3 Å². The van der Waals surface area contributed by atoms with Crippen molar-refractivity contribution in [2.75, 3.05) is 11.9 Å². The van der Waals surface area contributed by atoms with Crippen LogP contribution in [-0.2, 0) is 11.2 Å². The fraction of sp³-hybridized carbons (Fsp3) is 0.263. The molecule has 1 aromatic heterocycles. The predicted octanol–water partition coefficient (Wildman–Crippen LogP) is 4.83. The Morgan fingerprint density at radius 2 is 2.13 bits per heavy atom. The number of nitrogens with one attached hydrogen (secondary N) is 1. The van der Waals surface area contributed by atoms with Gasteiger partial charge in [-0.3, -0.25) is 10.3 Å². The lowest BCUT2D eigenvalue weighted by Gasteiger charge is -2.11. The molecule has 0 radical (unpaired) electrons. The third kappa shape index (κ3) is 4.95. The molecule has 0 saturated heterocycles. The lowest BCUT2D eigenvalue weighted by molar-refractivity contribution is 0.160. The minimum absolute atomic E-state index is 0.428. The van der Waals surface area contributed by atoms with Gasteiger partial charge in [0, 0.05) is 5.56 Å². The summed E-state index contributed by atoms with van der Waals surface area (Å²) < 4.78 is 5.10. The largest absolute Gasteiger partial charge is 0.449 e. The van der Waals surface area contributed by atoms with Crippen LogP contribution in [0.25, 0.3) is 11.3 Å². The molecule has 0 bridgehead atoms. The zero-order chi connectivity index (χ0) is 16.5. The number of hydrogen-bond donors (Lipinski definition) is 1. The number of aromatic nitrogens is 1. The van der Waals surface area contributed by atoms with E-state index in [0.29, 0.717) is 18.7 Å². The minimum atomic E-state index is -0.447. The quantitative estimate of drug-likeness (QED) is 0.589. The Balaban J connectivity index is 2.16. The SMILES string of the molecule is C=CCc1cc(NC(=O)OCCCC)cnc1-c1ccccc1. The Bertz CT molecular complexity index is 654. The summed E-state index contributed by atoms with van der Waals surface area (Å²) in [6.45, 7) is 6.27. The molecule has 1 aromatic carbocycles. The summed E-state index contributed by atoms with van der Waals surface area (Å²) in [6.07, 6.45) is 5.56. The van der Waals surface area contributed by atoms with E-state index in [2.05, 4.69) is 23.8 Å². The number of benzene rings is 1. The smallest absolute Gasteiger partial charge is 0.411 e. The van der Waals surface area contributed by atoms with E-state index in [-0.39, 0.29) is 0 Å². The summed E-state index contributed by atoms with van der Waals surface area (Å²) in [5.41, 5.74) is 3.58. The van der Waals surface area contributed by atoms with Gasteiger partial charge in [0.2, 0.25) is 0 Å². The number of amides is 1. The Hall–Kier alpha value is -2.62. The van der Waals surface area contributed by atoms with Crippen LogP contribution in [-0.4, -0.2) is 17.7 Å². The van der Waals surface area contributed by atoms with Crippen molar-refractivity contribution in [3.63, 3.8) is 0 Å². The van der Waals surface area contributed by atoms with Gasteiger partial charge in [0.05, 0.1) is 24.2 Å². The first kappa shape index (κ1) is 16.7. The van der Waals surface area contributed by atoms with E-state index in [1.807, 2.05) is 42.5 Å². The Kier molecular flexibility index (Phi) is 6.36. The topological polar surface area (TPSA) is 51.2 Å². The standard InChI is InChI=1S/C19H22N2O2/c1-3-5-12-23-19(22)21-17-13-16(9-4-2)18(20-14-17)15-10-7-6-8-11-15/h4,6-8,10-11,13-14H,2-3,5,9,12H2,1H3,(H,21,22). The van der Waals surface area contributed by atoms with Crippen LogP contribution in [0.4, 0.5) is 10.5 Å². The Morgan fingerprint density at radius 3 is 2.83 bits per heavy atom. The number of unbranched alkanes of at least 4 members (excludes halogenated alkanes) is 1. The maximum absolute atomic E-state index is 11.7. The molecule has 1 heterocycles. The molecule has 1 N–H and O–H groups in total. The molecule has 120 valence electrons. The molecule has 2 rings (SSSR count). The van der Waals surface area contributed by atoms with Crippen molar-refractivity contribution in [3.8, 4) is 11.3 Å². The first-order chi connectivity index (χ1) is 11.2. The molecule has 4 nitrogen and oxygen atoms in total. The van der Waals surface area contributed by atoms with Crippen molar-refractivity contribution >= 4 is 11.8 Å². The molecule has 23 heavy (non-hydrogen) atoms. The highest BCUT2D eigenvalue weighted by Crippen LogP contribution is 2.24. The summed E-state index contributed by atoms with van der Waals surface area (Å²) in [5, 5.41) is 2.72. The zero-order valence-corrected chi connectivity index (χ0v) is 13.4. The van der Waals surface area contributed by atoms with Crippen molar-refractivity contribution in [2.45, 2.75) is 26.2 Å². The number of pyridine rings is 1. The second kappa shape index (κ2) is 8.73. The highest BCUT2D eigenvalue weighted by atomic mass is 16.5. The van der Waals surface area contributed by atoms with Crippen molar-refractivity contribution in [2.24, 2.45) is 0 Å². The predicted molar refractivity (Wildman–Crippen MR) is 93.5 cm³/mol. The molecule has 0 aliphatic carbocycles. The molecule has 0 saturated carbocycles. The van der Waals surface area contributed by atoms with Crippen molar-refractivity contribution in [1.82, 2.24) is 4.98 Å². The summed E-state index contributed by atoms with van der Waals surface area (Å²) in [5.74, 6) is 0. The first-order valence-corrected chi connectivity index (χ1v) is 7.83. The molecule has 0 spiro atoms. The van der Waals surface area contributed by atoms with Crippen LogP contribution in [0.2, 0.25) is 0 Å². The van der Waals surface area contributed by atoms with Gasteiger partial charge in [-0.1, -0.05) is 49.8 Å². The average molecular weight is 310 g/mol. The van der Waals surface area contributed by atoms with Gasteiger partial charge in [-0.25, -0.2) is 4.79 Å². The molecule has 0 aliphatic rings. The van der Waals surface area contributed by atoms with E-state index in [4.69, 9.17) is 4.74 Å². The van der Waals surface area contributed by atoms with Gasteiger partial charge in [0.25, 0.3) is 0 Å². The second-order valence-corrected chi connectivity index (χ2v) is 5.21. The van der Waals surface area contributed by atoms with E-state index in [0.717, 1.165) is 29.7 Å². The number of rotatable bonds is 7. The first-order valence-electron chi connectivity index (χ1n) is 7.83. The van der Waals surface area contributed by atoms with Crippen LogP contribution in [0.3, 0.4) is 0 Å². The van der Waals surface area contributed by atoms with Gasteiger partial charge in [-0.15, -0.1) is 6.58 Å². The van der Waals surface area contributed by atoms with Crippen molar-refractivity contribution < 1.29 is 9.53 Å². The van der Waals surface area contributed by atoms with Crippen LogP contribution in [0.1, 0.15) is 25.3 Å². The minimum Gasteiger partial charge on any atom is -0.449 e. The van der Waals surface area contributed by atoms with E-state index in [9.17, 15) is 4.79 Å². The fourth-order valence-corrected chi connectivity index (χ4v) is 2.21. The average Bonchev–Trinajstić information content (AvgIpc) is 2.56. The van der Waals surface area contributed by atoms with Gasteiger partial charge < -0.3 is 4.74 Å². The molecule has 0 atom stereocenters. The van der Waals surface area contributed by atoms with Gasteiger partial charge in [-0.05, 0) is 24.5 Å². The number of ether oxygens (including phenoxy) is 1. The van der Waals surface area contributed by atoms with Gasteiger partial charge in [0.15, 0.2) is 0 Å². The van der Waals surface area contributed by atoms with Crippen molar-refractivity contribution in [3.05, 3.63) is 60.8 Å². The van der Waals surface area contributed by atoms with Gasteiger partial charge >= 0.3 is 6.09 Å². The summed E-state index contributed by atoms with van der Waals surface area (Å²) in [4.78, 5) is 16.2. The number of carbonyl (C=O) groups excluding carboxylic acids is 1. The molecule has 0 aliphatic heterocycles. The lowest BCUT2D eigenvalue weighted by atomic mass is 10.0. The molecule has 1 amide bonds. The summed E-state index contributed by atoms with van der Waals surface area (Å²) in [6, 6.07) is 11.9. The molecule has 0 fully saturated rings. The number of allylic oxidation sites excluding steroid dienone is 1. The molecule has 2 aromatic rings. The zero-order valence-electron chi connectivity index (χ0n) is 13.4. The van der Waals surface area contributed by atoms with E-state index in [1.165, 1.54) is 0 Å². The summed E-state index contributed by atoms with van der Waals surface area (Å²) in [7, 11) is 0. The monoisotopic (exact) mass is 310 g/mol. The number of hydrogen-bond acceptors (Lipinski definition) is 3. The second-order valence-electron chi connectivity index (χ2n) is 5.21. The van der Waals surface area contributed by atoms with Gasteiger partial charge in [-0.2, -0.15) is 0 Å². The number of carbonyl (C=O) groups is 1. The lowest BCUT2D eigenvalue weighted by Crippen LogP contribution is -2.14.